The third-order valence-electron chi connectivity index (χ3n) is 5.63. The molecule has 3 N–H and O–H groups in total. The zero-order valence-corrected chi connectivity index (χ0v) is 19.9. The van der Waals surface area contributed by atoms with Crippen molar-refractivity contribution >= 4 is 17.4 Å². The number of nitrogens with one attached hydrogen (secondary N) is 1. The summed E-state index contributed by atoms with van der Waals surface area (Å²) < 4.78 is 3.46. The number of rotatable bonds is 9. The van der Waals surface area contributed by atoms with E-state index in [0.717, 1.165) is 24.2 Å². The monoisotopic (exact) mass is 431 g/mol. The molecule has 8 heteroatoms. The number of hydrogen-bond donors (Lipinski definition) is 2. The van der Waals surface area contributed by atoms with Crippen LogP contribution in [0.1, 0.15) is 81.7 Å². The Morgan fingerprint density at radius 2 is 1.84 bits per heavy atom. The maximum absolute atomic E-state index is 13.7. The number of anilines is 2. The van der Waals surface area contributed by atoms with Gasteiger partial charge in [0.1, 0.15) is 5.82 Å². The summed E-state index contributed by atoms with van der Waals surface area (Å²) in [6.45, 7) is 14.9. The molecule has 1 amide bonds. The number of nitrogen functional groups attached to an aromatic ring is 1. The number of aromatic nitrogens is 3. The van der Waals surface area contributed by atoms with E-state index in [0.29, 0.717) is 31.0 Å². The van der Waals surface area contributed by atoms with Gasteiger partial charge in [0.15, 0.2) is 5.69 Å². The van der Waals surface area contributed by atoms with Crippen molar-refractivity contribution in [2.75, 3.05) is 17.2 Å². The minimum Gasteiger partial charge on any atom is -0.383 e. The van der Waals surface area contributed by atoms with Crippen LogP contribution in [0.2, 0.25) is 0 Å². The molecule has 0 aromatic carbocycles. The number of H-pyrrole nitrogens is 1. The van der Waals surface area contributed by atoms with Crippen LogP contribution in [-0.2, 0) is 6.54 Å². The Kier molecular flexibility index (Phi) is 7.92. The van der Waals surface area contributed by atoms with Crippen LogP contribution in [0.4, 0.5) is 11.5 Å². The first-order valence-electron chi connectivity index (χ1n) is 11.1. The van der Waals surface area contributed by atoms with E-state index in [2.05, 4.69) is 37.2 Å². The summed E-state index contributed by atoms with van der Waals surface area (Å²) in [4.78, 5) is 42.7. The molecule has 0 fully saturated rings. The van der Waals surface area contributed by atoms with Gasteiger partial charge in [0.2, 0.25) is 0 Å². The molecule has 172 valence electrons. The summed E-state index contributed by atoms with van der Waals surface area (Å²) in [6, 6.07) is 2.06. The molecule has 0 bridgehead atoms. The topological polar surface area (TPSA) is 106 Å². The Labute approximate surface area is 184 Å². The lowest BCUT2D eigenvalue weighted by molar-refractivity contribution is 0.0984. The number of nitrogens with two attached hydrogens (primary N) is 1. The fraction of sp³-hybridized carbons (Fsp3) is 0.609. The van der Waals surface area contributed by atoms with Crippen LogP contribution in [0.15, 0.2) is 15.7 Å². The van der Waals surface area contributed by atoms with Crippen molar-refractivity contribution < 1.29 is 4.79 Å². The van der Waals surface area contributed by atoms with Crippen molar-refractivity contribution in [3.05, 3.63) is 43.9 Å². The van der Waals surface area contributed by atoms with Crippen molar-refractivity contribution in [1.82, 2.24) is 14.1 Å². The lowest BCUT2D eigenvalue weighted by atomic mass is 10.1. The Hall–Kier alpha value is -2.77. The average Bonchev–Trinajstić information content (AvgIpc) is 2.97. The van der Waals surface area contributed by atoms with Gasteiger partial charge in [-0.05, 0) is 52.5 Å². The smallest absolute Gasteiger partial charge is 0.330 e. The number of aromatic amines is 1. The van der Waals surface area contributed by atoms with Gasteiger partial charge in [0, 0.05) is 30.5 Å². The predicted octanol–water partition coefficient (Wildman–Crippen LogP) is 3.61. The summed E-state index contributed by atoms with van der Waals surface area (Å²) in [6.07, 6.45) is 2.31. The molecule has 0 unspecified atom stereocenters. The highest BCUT2D eigenvalue weighted by Crippen LogP contribution is 2.26. The summed E-state index contributed by atoms with van der Waals surface area (Å²) in [5.74, 6) is 0.0835. The molecule has 0 saturated carbocycles. The number of amides is 1. The van der Waals surface area contributed by atoms with Crippen LogP contribution in [0.25, 0.3) is 0 Å². The van der Waals surface area contributed by atoms with Crippen molar-refractivity contribution in [1.29, 1.82) is 0 Å². The van der Waals surface area contributed by atoms with E-state index in [9.17, 15) is 14.4 Å². The number of unbranched alkanes of at least 4 members (excludes halogenated alkanes) is 1. The average molecular weight is 432 g/mol. The van der Waals surface area contributed by atoms with Gasteiger partial charge in [0.05, 0.1) is 5.56 Å². The third-order valence-corrected chi connectivity index (χ3v) is 5.63. The number of carbonyl (C=O) groups excluding carboxylic acids is 1. The molecule has 8 nitrogen and oxygen atoms in total. The molecular formula is C23H37N5O3. The second kappa shape index (κ2) is 10.0. The number of carbonyl (C=O) groups is 1. The molecule has 0 aliphatic rings. The summed E-state index contributed by atoms with van der Waals surface area (Å²) in [5.41, 5.74) is 7.56. The van der Waals surface area contributed by atoms with Crippen LogP contribution in [0, 0.1) is 19.8 Å². The van der Waals surface area contributed by atoms with Crippen molar-refractivity contribution in [2.24, 2.45) is 5.92 Å². The minimum absolute atomic E-state index is 0.0389. The van der Waals surface area contributed by atoms with E-state index in [1.165, 1.54) is 9.47 Å². The number of hydrogen-bond acceptors (Lipinski definition) is 4. The number of aryl methyl sites for hydroxylation is 1. The molecular weight excluding hydrogens is 394 g/mol. The first kappa shape index (κ1) is 24.5. The molecule has 2 aromatic heterocycles. The van der Waals surface area contributed by atoms with Gasteiger partial charge in [-0.25, -0.2) is 4.79 Å². The van der Waals surface area contributed by atoms with Crippen LogP contribution in [0.3, 0.4) is 0 Å². The van der Waals surface area contributed by atoms with E-state index >= 15 is 0 Å². The first-order valence-corrected chi connectivity index (χ1v) is 11.1. The molecule has 0 atom stereocenters. The number of nitrogens with zero attached hydrogens (tertiary/aromatic N) is 3. The van der Waals surface area contributed by atoms with Gasteiger partial charge in [-0.1, -0.05) is 27.2 Å². The quantitative estimate of drug-likeness (QED) is 0.632. The fourth-order valence-electron chi connectivity index (χ4n) is 4.01. The molecule has 0 aliphatic carbocycles. The predicted molar refractivity (Wildman–Crippen MR) is 126 cm³/mol. The second-order valence-corrected chi connectivity index (χ2v) is 8.89. The Bertz CT molecular complexity index is 1040. The van der Waals surface area contributed by atoms with Crippen LogP contribution in [-0.4, -0.2) is 26.6 Å². The van der Waals surface area contributed by atoms with Crippen molar-refractivity contribution in [3.63, 3.8) is 0 Å². The summed E-state index contributed by atoms with van der Waals surface area (Å²) in [5, 5.41) is 0. The standard InChI is InChI=1S/C23H37N5O3/c1-8-9-11-27-20(24)19(21(29)25-23(27)31)26(12-10-14(2)3)22(30)18-13-16(6)28(15(4)5)17(18)7/h13-15H,8-12,24H2,1-7H3,(H,25,29,31). The molecule has 31 heavy (non-hydrogen) atoms. The molecule has 2 heterocycles. The van der Waals surface area contributed by atoms with Gasteiger partial charge in [-0.2, -0.15) is 0 Å². The largest absolute Gasteiger partial charge is 0.383 e. The summed E-state index contributed by atoms with van der Waals surface area (Å²) >= 11 is 0. The van der Waals surface area contributed by atoms with E-state index in [4.69, 9.17) is 5.73 Å². The van der Waals surface area contributed by atoms with E-state index in [1.807, 2.05) is 26.8 Å². The van der Waals surface area contributed by atoms with Gasteiger partial charge in [0.25, 0.3) is 11.5 Å². The van der Waals surface area contributed by atoms with Crippen molar-refractivity contribution in [3.8, 4) is 0 Å². The fourth-order valence-corrected chi connectivity index (χ4v) is 4.01. The van der Waals surface area contributed by atoms with Crippen molar-refractivity contribution in [2.45, 2.75) is 80.3 Å². The lowest BCUT2D eigenvalue weighted by Crippen LogP contribution is -2.42. The van der Waals surface area contributed by atoms with Crippen LogP contribution in [0.5, 0.6) is 0 Å². The molecule has 0 radical (unpaired) electrons. The Balaban J connectivity index is 2.66. The third kappa shape index (κ3) is 5.11. The van der Waals surface area contributed by atoms with Crippen LogP contribution >= 0.6 is 0 Å². The first-order chi connectivity index (χ1) is 14.5. The Morgan fingerprint density at radius 3 is 2.35 bits per heavy atom. The normalized spacial score (nSPS) is 11.5. The van der Waals surface area contributed by atoms with Gasteiger partial charge in [-0.3, -0.25) is 19.1 Å². The highest BCUT2D eigenvalue weighted by atomic mass is 16.2. The lowest BCUT2D eigenvalue weighted by Gasteiger charge is -2.25. The maximum Gasteiger partial charge on any atom is 0.330 e. The Morgan fingerprint density at radius 1 is 1.19 bits per heavy atom. The SMILES string of the molecule is CCCCn1c(N)c(N(CCC(C)C)C(=O)c2cc(C)n(C(C)C)c2C)c(=O)[nH]c1=O. The van der Waals surface area contributed by atoms with Gasteiger partial charge in [-0.15, -0.1) is 0 Å². The second-order valence-electron chi connectivity index (χ2n) is 8.89. The molecule has 0 aliphatic heterocycles. The zero-order chi connectivity index (χ0) is 23.5. The van der Waals surface area contributed by atoms with E-state index in [-0.39, 0.29) is 23.5 Å². The minimum atomic E-state index is -0.634. The van der Waals surface area contributed by atoms with Crippen LogP contribution < -0.4 is 21.9 Å². The van der Waals surface area contributed by atoms with Gasteiger partial charge >= 0.3 is 5.69 Å². The summed E-state index contributed by atoms with van der Waals surface area (Å²) in [7, 11) is 0. The maximum atomic E-state index is 13.7. The van der Waals surface area contributed by atoms with E-state index < -0.39 is 11.2 Å². The zero-order valence-electron chi connectivity index (χ0n) is 19.9. The highest BCUT2D eigenvalue weighted by Gasteiger charge is 2.28. The van der Waals surface area contributed by atoms with Gasteiger partial charge < -0.3 is 15.2 Å². The molecule has 2 rings (SSSR count). The highest BCUT2D eigenvalue weighted by molar-refractivity contribution is 6.08. The van der Waals surface area contributed by atoms with E-state index in [1.54, 1.807) is 0 Å². The molecule has 0 spiro atoms. The molecule has 2 aromatic rings. The molecule has 0 saturated heterocycles.